The monoisotopic (exact) mass is 433 g/mol. The molecule has 2 bridgehead atoms. The predicted octanol–water partition coefficient (Wildman–Crippen LogP) is 2.80. The zero-order chi connectivity index (χ0) is 22.4. The summed E-state index contributed by atoms with van der Waals surface area (Å²) >= 11 is 0. The Hall–Kier alpha value is -3.23. The van der Waals surface area contributed by atoms with E-state index < -0.39 is 0 Å². The number of nitrogens with one attached hydrogen (secondary N) is 1. The summed E-state index contributed by atoms with van der Waals surface area (Å²) in [5.41, 5.74) is 4.23. The molecule has 2 saturated heterocycles. The summed E-state index contributed by atoms with van der Waals surface area (Å²) in [6.07, 6.45) is 1.40. The molecule has 166 valence electrons. The van der Waals surface area contributed by atoms with Crippen molar-refractivity contribution >= 4 is 16.9 Å². The minimum Gasteiger partial charge on any atom is -0.507 e. The second kappa shape index (κ2) is 8.03. The number of aromatic amines is 1. The first kappa shape index (κ1) is 20.7. The number of H-pyrrole nitrogens is 1. The van der Waals surface area contributed by atoms with Gasteiger partial charge >= 0.3 is 0 Å². The van der Waals surface area contributed by atoms with E-state index in [4.69, 9.17) is 4.74 Å². The standard InChI is InChI=1S/C24H27N5O3/c1-4-22(31)29-16-10-28(11-17(29)13-32-12-16)15(3)23-14(2)19-9-20(26-27-24(19)25-23)18-7-5-6-8-21(18)30/h4-9,15-17,30H,1,10-13H2,2-3H3,(H,25,27)/t15-,16?,17?/m0/s1. The van der Waals surface area contributed by atoms with Crippen molar-refractivity contribution in [3.63, 3.8) is 0 Å². The van der Waals surface area contributed by atoms with E-state index in [1.54, 1.807) is 12.1 Å². The van der Waals surface area contributed by atoms with Crippen LogP contribution in [-0.4, -0.2) is 74.4 Å². The molecule has 5 rings (SSSR count). The predicted molar refractivity (Wildman–Crippen MR) is 121 cm³/mol. The second-order valence-corrected chi connectivity index (χ2v) is 8.60. The number of aromatic hydroxyl groups is 1. The van der Waals surface area contributed by atoms with Crippen molar-refractivity contribution in [2.45, 2.75) is 32.0 Å². The molecular formula is C24H27N5O3. The van der Waals surface area contributed by atoms with Crippen molar-refractivity contribution < 1.29 is 14.6 Å². The largest absolute Gasteiger partial charge is 0.507 e. The van der Waals surface area contributed by atoms with Crippen LogP contribution in [0.15, 0.2) is 43.0 Å². The van der Waals surface area contributed by atoms with Crippen LogP contribution in [0.1, 0.15) is 24.2 Å². The summed E-state index contributed by atoms with van der Waals surface area (Å²) in [5, 5.41) is 19.9. The molecule has 2 aliphatic rings. The molecule has 3 atom stereocenters. The minimum atomic E-state index is -0.0237. The van der Waals surface area contributed by atoms with Gasteiger partial charge < -0.3 is 19.7 Å². The highest BCUT2D eigenvalue weighted by Crippen LogP contribution is 2.34. The average molecular weight is 434 g/mol. The molecule has 32 heavy (non-hydrogen) atoms. The number of fused-ring (bicyclic) bond motifs is 3. The molecule has 1 aromatic carbocycles. The maximum atomic E-state index is 12.4. The average Bonchev–Trinajstić information content (AvgIpc) is 3.13. The SMILES string of the molecule is C=CC(=O)N1C2COCC1CN([C@@H](C)c1[nH]c3nnc(-c4ccccc4O)cc3c1C)C2. The Morgan fingerprint density at radius 1 is 1.28 bits per heavy atom. The van der Waals surface area contributed by atoms with Crippen LogP contribution in [0.2, 0.25) is 0 Å². The highest BCUT2D eigenvalue weighted by atomic mass is 16.5. The molecule has 2 fully saturated rings. The van der Waals surface area contributed by atoms with Crippen molar-refractivity contribution in [2.75, 3.05) is 26.3 Å². The van der Waals surface area contributed by atoms with E-state index in [-0.39, 0.29) is 29.8 Å². The maximum Gasteiger partial charge on any atom is 0.246 e. The van der Waals surface area contributed by atoms with Gasteiger partial charge in [-0.3, -0.25) is 9.69 Å². The lowest BCUT2D eigenvalue weighted by Gasteiger charge is -2.50. The molecule has 1 amide bonds. The second-order valence-electron chi connectivity index (χ2n) is 8.60. The van der Waals surface area contributed by atoms with E-state index in [1.165, 1.54) is 6.08 Å². The Labute approximate surface area is 186 Å². The summed E-state index contributed by atoms with van der Waals surface area (Å²) in [6, 6.07) is 9.27. The number of nitrogens with zero attached hydrogens (tertiary/aromatic N) is 4. The number of carbonyl (C=O) groups is 1. The highest BCUT2D eigenvalue weighted by Gasteiger charge is 2.41. The van der Waals surface area contributed by atoms with Crippen LogP contribution >= 0.6 is 0 Å². The first-order chi connectivity index (χ1) is 15.5. The topological polar surface area (TPSA) is 94.6 Å². The molecule has 2 aliphatic heterocycles. The van der Waals surface area contributed by atoms with Gasteiger partial charge in [-0.1, -0.05) is 18.7 Å². The van der Waals surface area contributed by atoms with Gasteiger partial charge in [-0.15, -0.1) is 10.2 Å². The number of rotatable bonds is 4. The molecule has 2 unspecified atom stereocenters. The van der Waals surface area contributed by atoms with E-state index in [9.17, 15) is 9.90 Å². The normalized spacial score (nSPS) is 22.1. The summed E-state index contributed by atoms with van der Waals surface area (Å²) in [7, 11) is 0. The minimum absolute atomic E-state index is 0.0209. The lowest BCUT2D eigenvalue weighted by atomic mass is 10.00. The van der Waals surface area contributed by atoms with Crippen molar-refractivity contribution in [3.05, 3.63) is 54.2 Å². The van der Waals surface area contributed by atoms with Crippen LogP contribution < -0.4 is 0 Å². The number of aryl methyl sites for hydroxylation is 1. The fraction of sp³-hybridized carbons (Fsp3) is 0.375. The fourth-order valence-corrected chi connectivity index (χ4v) is 5.04. The molecule has 2 N–H and O–H groups in total. The van der Waals surface area contributed by atoms with Crippen LogP contribution in [0, 0.1) is 6.92 Å². The smallest absolute Gasteiger partial charge is 0.246 e. The van der Waals surface area contributed by atoms with Crippen LogP contribution in [0.4, 0.5) is 0 Å². The number of para-hydroxylation sites is 1. The zero-order valence-electron chi connectivity index (χ0n) is 18.3. The number of hydrogen-bond acceptors (Lipinski definition) is 6. The van der Waals surface area contributed by atoms with Gasteiger partial charge in [0.2, 0.25) is 5.91 Å². The van der Waals surface area contributed by atoms with E-state index in [0.29, 0.717) is 24.5 Å². The van der Waals surface area contributed by atoms with Gasteiger partial charge in [0.25, 0.3) is 0 Å². The van der Waals surface area contributed by atoms with E-state index in [1.807, 2.05) is 23.1 Å². The summed E-state index contributed by atoms with van der Waals surface area (Å²) < 4.78 is 5.73. The summed E-state index contributed by atoms with van der Waals surface area (Å²) in [6.45, 7) is 10.5. The van der Waals surface area contributed by atoms with Gasteiger partial charge in [0.05, 0.1) is 31.0 Å². The third kappa shape index (κ3) is 3.36. The third-order valence-electron chi connectivity index (χ3n) is 6.73. The van der Waals surface area contributed by atoms with Gasteiger partial charge in [0.15, 0.2) is 5.65 Å². The molecule has 0 spiro atoms. The van der Waals surface area contributed by atoms with Crippen LogP contribution in [0.25, 0.3) is 22.3 Å². The lowest BCUT2D eigenvalue weighted by molar-refractivity contribution is -0.151. The Morgan fingerprint density at radius 3 is 2.69 bits per heavy atom. The summed E-state index contributed by atoms with van der Waals surface area (Å²) in [4.78, 5) is 20.2. The Kier molecular flexibility index (Phi) is 5.19. The quantitative estimate of drug-likeness (QED) is 0.615. The van der Waals surface area contributed by atoms with Crippen molar-refractivity contribution in [3.8, 4) is 17.0 Å². The van der Waals surface area contributed by atoms with Crippen LogP contribution in [-0.2, 0) is 9.53 Å². The van der Waals surface area contributed by atoms with Crippen molar-refractivity contribution in [2.24, 2.45) is 0 Å². The molecule has 2 aromatic heterocycles. The van der Waals surface area contributed by atoms with E-state index in [0.717, 1.165) is 35.4 Å². The van der Waals surface area contributed by atoms with Gasteiger partial charge in [-0.05, 0) is 43.7 Å². The van der Waals surface area contributed by atoms with E-state index in [2.05, 4.69) is 40.5 Å². The number of hydrogen-bond donors (Lipinski definition) is 2. The van der Waals surface area contributed by atoms with Crippen LogP contribution in [0.3, 0.4) is 0 Å². The molecular weight excluding hydrogens is 406 g/mol. The molecule has 0 radical (unpaired) electrons. The molecule has 4 heterocycles. The number of carbonyl (C=O) groups excluding carboxylic acids is 1. The maximum absolute atomic E-state index is 12.4. The highest BCUT2D eigenvalue weighted by molar-refractivity contribution is 5.88. The molecule has 0 aliphatic carbocycles. The number of aromatic nitrogens is 3. The Balaban J connectivity index is 1.45. The summed E-state index contributed by atoms with van der Waals surface area (Å²) in [5.74, 6) is 0.160. The van der Waals surface area contributed by atoms with Gasteiger partial charge in [-0.25, -0.2) is 0 Å². The van der Waals surface area contributed by atoms with Gasteiger partial charge in [-0.2, -0.15) is 0 Å². The number of benzene rings is 1. The van der Waals surface area contributed by atoms with Crippen molar-refractivity contribution in [1.82, 2.24) is 25.0 Å². The van der Waals surface area contributed by atoms with Crippen LogP contribution in [0.5, 0.6) is 5.75 Å². The third-order valence-corrected chi connectivity index (χ3v) is 6.73. The number of piperazine rings is 1. The number of phenolic OH excluding ortho intramolecular Hbond substituents is 1. The number of phenols is 1. The molecule has 0 saturated carbocycles. The fourth-order valence-electron chi connectivity index (χ4n) is 5.04. The van der Waals surface area contributed by atoms with Gasteiger partial charge in [0.1, 0.15) is 5.75 Å². The van der Waals surface area contributed by atoms with E-state index >= 15 is 0 Å². The Bertz CT molecular complexity index is 1180. The Morgan fingerprint density at radius 2 is 2.00 bits per heavy atom. The lowest BCUT2D eigenvalue weighted by Crippen LogP contribution is -2.66. The number of ether oxygens (including phenoxy) is 1. The molecule has 3 aromatic rings. The van der Waals surface area contributed by atoms with Gasteiger partial charge in [0, 0.05) is 35.8 Å². The first-order valence-corrected chi connectivity index (χ1v) is 10.9. The van der Waals surface area contributed by atoms with Crippen molar-refractivity contribution in [1.29, 1.82) is 0 Å². The zero-order valence-corrected chi connectivity index (χ0v) is 18.3. The first-order valence-electron chi connectivity index (χ1n) is 10.9. The molecule has 8 heteroatoms. The number of morpholine rings is 1. The molecule has 8 nitrogen and oxygen atoms in total. The number of amides is 1.